The zero-order valence-electron chi connectivity index (χ0n) is 17.5. The molecule has 0 saturated heterocycles. The Morgan fingerprint density at radius 3 is 2.88 bits per heavy atom. The Morgan fingerprint density at radius 2 is 2.12 bits per heavy atom. The molecule has 11 heteroatoms. The molecule has 33 heavy (non-hydrogen) atoms. The number of nitro benzene ring substituents is 1. The summed E-state index contributed by atoms with van der Waals surface area (Å²) < 4.78 is 1.39. The van der Waals surface area contributed by atoms with Crippen molar-refractivity contribution in [3.05, 3.63) is 84.6 Å². The van der Waals surface area contributed by atoms with Crippen LogP contribution in [0.1, 0.15) is 33.6 Å². The summed E-state index contributed by atoms with van der Waals surface area (Å²) in [5, 5.41) is 20.5. The lowest BCUT2D eigenvalue weighted by molar-refractivity contribution is -0.385. The van der Waals surface area contributed by atoms with Gasteiger partial charge in [0.25, 0.3) is 17.2 Å². The Balaban J connectivity index is 1.59. The van der Waals surface area contributed by atoms with Gasteiger partial charge < -0.3 is 5.32 Å². The Labute approximate surface area is 191 Å². The lowest BCUT2D eigenvalue weighted by Gasteiger charge is -2.10. The van der Waals surface area contributed by atoms with Gasteiger partial charge in [0.1, 0.15) is 11.5 Å². The van der Waals surface area contributed by atoms with Gasteiger partial charge in [-0.2, -0.15) is 9.78 Å². The summed E-state index contributed by atoms with van der Waals surface area (Å²) >= 11 is 1.48. The number of fused-ring (bicyclic) bond motifs is 1. The highest BCUT2D eigenvalue weighted by Gasteiger charge is 2.23. The predicted octanol–water partition coefficient (Wildman–Crippen LogP) is 3.64. The van der Waals surface area contributed by atoms with E-state index in [1.54, 1.807) is 6.07 Å². The smallest absolute Gasteiger partial charge is 0.273 e. The molecule has 4 aromatic rings. The SMILES string of the molecule is Cc1c(C(=O)Nc2cc(-c3cccs3)nn2-c2nc3c(c(=O)[nH]2)CCC3)cccc1[N+](=O)[O-]. The molecule has 5 rings (SSSR count). The zero-order valence-corrected chi connectivity index (χ0v) is 18.3. The van der Waals surface area contributed by atoms with Crippen molar-refractivity contribution in [1.82, 2.24) is 19.7 Å². The van der Waals surface area contributed by atoms with Crippen molar-refractivity contribution >= 4 is 28.7 Å². The minimum Gasteiger partial charge on any atom is -0.306 e. The maximum absolute atomic E-state index is 13.1. The number of aromatic nitrogens is 4. The number of benzene rings is 1. The molecule has 0 bridgehead atoms. The van der Waals surface area contributed by atoms with E-state index < -0.39 is 10.8 Å². The summed E-state index contributed by atoms with van der Waals surface area (Å²) in [6, 6.07) is 9.81. The van der Waals surface area contributed by atoms with Crippen LogP contribution in [0.3, 0.4) is 0 Å². The number of carbonyl (C=O) groups excluding carboxylic acids is 1. The summed E-state index contributed by atoms with van der Waals surface area (Å²) in [6.45, 7) is 1.53. The van der Waals surface area contributed by atoms with Gasteiger partial charge in [-0.15, -0.1) is 11.3 Å². The number of aromatic amines is 1. The van der Waals surface area contributed by atoms with Crippen LogP contribution in [0.4, 0.5) is 11.5 Å². The van der Waals surface area contributed by atoms with Crippen LogP contribution in [-0.2, 0) is 12.8 Å². The molecule has 1 aliphatic carbocycles. The van der Waals surface area contributed by atoms with E-state index in [1.165, 1.54) is 41.1 Å². The summed E-state index contributed by atoms with van der Waals surface area (Å²) in [5.41, 5.74) is 2.08. The van der Waals surface area contributed by atoms with Crippen LogP contribution in [0.2, 0.25) is 0 Å². The molecule has 0 atom stereocenters. The summed E-state index contributed by atoms with van der Waals surface area (Å²) in [7, 11) is 0. The molecule has 3 heterocycles. The Kier molecular flexibility index (Phi) is 5.09. The van der Waals surface area contributed by atoms with Crippen molar-refractivity contribution in [3.8, 4) is 16.5 Å². The van der Waals surface area contributed by atoms with Gasteiger partial charge in [0, 0.05) is 28.8 Å². The van der Waals surface area contributed by atoms with Crippen LogP contribution in [0.25, 0.3) is 16.5 Å². The second kappa shape index (κ2) is 8.10. The first-order chi connectivity index (χ1) is 15.9. The number of H-pyrrole nitrogens is 1. The zero-order chi connectivity index (χ0) is 23.1. The number of hydrogen-bond donors (Lipinski definition) is 2. The number of nitrogens with one attached hydrogen (secondary N) is 2. The molecule has 2 N–H and O–H groups in total. The number of anilines is 1. The van der Waals surface area contributed by atoms with E-state index in [2.05, 4.69) is 20.4 Å². The van der Waals surface area contributed by atoms with Crippen molar-refractivity contribution in [2.24, 2.45) is 0 Å². The highest BCUT2D eigenvalue weighted by atomic mass is 32.1. The van der Waals surface area contributed by atoms with Crippen LogP contribution in [0.5, 0.6) is 0 Å². The minimum absolute atomic E-state index is 0.139. The van der Waals surface area contributed by atoms with Gasteiger partial charge in [-0.25, -0.2) is 4.98 Å². The van der Waals surface area contributed by atoms with Crippen LogP contribution in [-0.4, -0.2) is 30.6 Å². The highest BCUT2D eigenvalue weighted by Crippen LogP contribution is 2.29. The van der Waals surface area contributed by atoms with E-state index in [9.17, 15) is 19.7 Å². The lowest BCUT2D eigenvalue weighted by Crippen LogP contribution is -2.21. The van der Waals surface area contributed by atoms with Crippen molar-refractivity contribution in [2.75, 3.05) is 5.32 Å². The summed E-state index contributed by atoms with van der Waals surface area (Å²) in [6.07, 6.45) is 2.26. The third-order valence-electron chi connectivity index (χ3n) is 5.60. The Bertz CT molecular complexity index is 1450. The number of amides is 1. The first-order valence-electron chi connectivity index (χ1n) is 10.2. The standard InChI is InChI=1S/C22H18N6O4S/c1-12-13(5-3-8-17(12)28(31)32)20(29)24-19-11-16(18-9-4-10-33-18)26-27(19)22-23-15-7-2-6-14(15)21(30)25-22/h3-5,8-11H,2,6-7H2,1H3,(H,24,29)(H,23,25,30). The second-order valence-electron chi connectivity index (χ2n) is 7.63. The largest absolute Gasteiger partial charge is 0.306 e. The van der Waals surface area contributed by atoms with Gasteiger partial charge in [-0.3, -0.25) is 24.7 Å². The van der Waals surface area contributed by atoms with Gasteiger partial charge in [0.05, 0.1) is 15.5 Å². The summed E-state index contributed by atoms with van der Waals surface area (Å²) in [5.74, 6) is -0.0384. The van der Waals surface area contributed by atoms with Crippen LogP contribution >= 0.6 is 11.3 Å². The van der Waals surface area contributed by atoms with E-state index in [4.69, 9.17) is 0 Å². The third-order valence-corrected chi connectivity index (χ3v) is 6.49. The van der Waals surface area contributed by atoms with Gasteiger partial charge in [0.15, 0.2) is 0 Å². The third kappa shape index (κ3) is 3.72. The first-order valence-corrected chi connectivity index (χ1v) is 11.1. The number of rotatable bonds is 5. The Hall–Kier alpha value is -4.12. The lowest BCUT2D eigenvalue weighted by atomic mass is 10.1. The molecule has 0 spiro atoms. The van der Waals surface area contributed by atoms with Crippen LogP contribution < -0.4 is 10.9 Å². The van der Waals surface area contributed by atoms with E-state index in [-0.39, 0.29) is 34.1 Å². The fourth-order valence-corrected chi connectivity index (χ4v) is 4.64. The molecule has 0 unspecified atom stereocenters. The normalized spacial score (nSPS) is 12.5. The second-order valence-corrected chi connectivity index (χ2v) is 8.58. The average molecular weight is 462 g/mol. The minimum atomic E-state index is -0.529. The van der Waals surface area contributed by atoms with Crippen molar-refractivity contribution in [3.63, 3.8) is 0 Å². The average Bonchev–Trinajstić information content (AvgIpc) is 3.54. The van der Waals surface area contributed by atoms with Gasteiger partial charge >= 0.3 is 0 Å². The van der Waals surface area contributed by atoms with E-state index in [0.717, 1.165) is 17.0 Å². The van der Waals surface area contributed by atoms with E-state index in [1.807, 2.05) is 17.5 Å². The number of nitrogens with zero attached hydrogens (tertiary/aromatic N) is 4. The topological polar surface area (TPSA) is 136 Å². The van der Waals surface area contributed by atoms with Gasteiger partial charge in [0.2, 0.25) is 5.95 Å². The molecule has 0 aliphatic heterocycles. The molecule has 1 aromatic carbocycles. The van der Waals surface area contributed by atoms with Gasteiger partial charge in [-0.1, -0.05) is 12.1 Å². The Morgan fingerprint density at radius 1 is 1.27 bits per heavy atom. The molecular formula is C22H18N6O4S. The summed E-state index contributed by atoms with van der Waals surface area (Å²) in [4.78, 5) is 44.6. The predicted molar refractivity (Wildman–Crippen MR) is 123 cm³/mol. The monoisotopic (exact) mass is 462 g/mol. The highest BCUT2D eigenvalue weighted by molar-refractivity contribution is 7.13. The molecule has 0 saturated carbocycles. The molecule has 0 fully saturated rings. The molecule has 1 amide bonds. The molecule has 3 aromatic heterocycles. The first kappa shape index (κ1) is 20.8. The number of nitro groups is 1. The molecule has 10 nitrogen and oxygen atoms in total. The maximum Gasteiger partial charge on any atom is 0.273 e. The van der Waals surface area contributed by atoms with E-state index in [0.29, 0.717) is 24.1 Å². The van der Waals surface area contributed by atoms with Gasteiger partial charge in [-0.05, 0) is 43.7 Å². The van der Waals surface area contributed by atoms with Crippen molar-refractivity contribution in [1.29, 1.82) is 0 Å². The molecular weight excluding hydrogens is 444 g/mol. The number of thiophene rings is 1. The van der Waals surface area contributed by atoms with Crippen molar-refractivity contribution in [2.45, 2.75) is 26.2 Å². The number of carbonyl (C=O) groups is 1. The van der Waals surface area contributed by atoms with Crippen LogP contribution in [0, 0.1) is 17.0 Å². The fraction of sp³-hybridized carbons (Fsp3) is 0.182. The quantitative estimate of drug-likeness (QED) is 0.343. The molecule has 1 aliphatic rings. The maximum atomic E-state index is 13.1. The fourth-order valence-electron chi connectivity index (χ4n) is 3.96. The number of aryl methyl sites for hydroxylation is 1. The van der Waals surface area contributed by atoms with E-state index >= 15 is 0 Å². The van der Waals surface area contributed by atoms with Crippen LogP contribution in [0.15, 0.2) is 46.6 Å². The van der Waals surface area contributed by atoms with Crippen molar-refractivity contribution < 1.29 is 9.72 Å². The number of hydrogen-bond acceptors (Lipinski definition) is 7. The molecule has 0 radical (unpaired) electrons. The molecule has 166 valence electrons.